The number of carboxylic acids is 1. The molecule has 0 fully saturated rings. The van der Waals surface area contributed by atoms with Gasteiger partial charge in [0.1, 0.15) is 12.4 Å². The Kier molecular flexibility index (Phi) is 4.11. The van der Waals surface area contributed by atoms with E-state index >= 15 is 0 Å². The van der Waals surface area contributed by atoms with Crippen LogP contribution in [0, 0.1) is 0 Å². The number of aromatic carboxylic acids is 1. The Morgan fingerprint density at radius 2 is 2.33 bits per heavy atom. The van der Waals surface area contributed by atoms with Crippen LogP contribution in [0.4, 0.5) is 0 Å². The number of amides is 1. The fraction of sp³-hybridized carbons (Fsp3) is 0.333. The molecule has 2 N–H and O–H groups in total. The molecule has 1 aromatic heterocycles. The summed E-state index contributed by atoms with van der Waals surface area (Å²) in [6.07, 6.45) is 0. The number of hydrogen-bond acceptors (Lipinski definition) is 4. The quantitative estimate of drug-likeness (QED) is 0.737. The van der Waals surface area contributed by atoms with E-state index < -0.39 is 5.97 Å². The van der Waals surface area contributed by atoms with Gasteiger partial charge < -0.3 is 15.2 Å². The Balaban J connectivity index is 2.40. The molecule has 0 aromatic carbocycles. The molecule has 0 unspecified atom stereocenters. The molecule has 0 bridgehead atoms. The van der Waals surface area contributed by atoms with E-state index in [0.29, 0.717) is 12.3 Å². The normalized spacial score (nSPS) is 9.67. The third-order valence-corrected chi connectivity index (χ3v) is 2.44. The average Bonchev–Trinajstić information content (AvgIpc) is 2.60. The topological polar surface area (TPSA) is 75.6 Å². The molecular weight excluding hydrogens is 218 g/mol. The van der Waals surface area contributed by atoms with Crippen LogP contribution < -0.4 is 10.1 Å². The molecule has 15 heavy (non-hydrogen) atoms. The van der Waals surface area contributed by atoms with Crippen molar-refractivity contribution >= 4 is 23.2 Å². The summed E-state index contributed by atoms with van der Waals surface area (Å²) in [6, 6.07) is 1.60. The van der Waals surface area contributed by atoms with Crippen LogP contribution in [-0.2, 0) is 4.79 Å². The summed E-state index contributed by atoms with van der Waals surface area (Å²) in [5.41, 5.74) is 0. The Hall–Kier alpha value is -1.56. The number of hydrogen-bond donors (Lipinski definition) is 2. The molecule has 82 valence electrons. The second-order valence-electron chi connectivity index (χ2n) is 2.75. The highest BCUT2D eigenvalue weighted by Crippen LogP contribution is 2.24. The number of carbonyl (C=O) groups excluding carboxylic acids is 1. The van der Waals surface area contributed by atoms with E-state index in [-0.39, 0.29) is 17.4 Å². The van der Waals surface area contributed by atoms with Crippen LogP contribution in [0.5, 0.6) is 5.75 Å². The van der Waals surface area contributed by atoms with Crippen LogP contribution in [0.1, 0.15) is 16.6 Å². The third kappa shape index (κ3) is 3.59. The number of rotatable bonds is 5. The zero-order valence-corrected chi connectivity index (χ0v) is 8.97. The number of thiophene rings is 1. The summed E-state index contributed by atoms with van der Waals surface area (Å²) in [5.74, 6) is -0.792. The van der Waals surface area contributed by atoms with Gasteiger partial charge in [-0.3, -0.25) is 4.79 Å². The molecule has 5 nitrogen and oxygen atoms in total. The molecule has 6 heteroatoms. The van der Waals surface area contributed by atoms with Gasteiger partial charge in [0.15, 0.2) is 4.88 Å². The molecule has 0 saturated heterocycles. The molecule has 1 aromatic rings. The van der Waals surface area contributed by atoms with Gasteiger partial charge in [-0.1, -0.05) is 0 Å². The highest BCUT2D eigenvalue weighted by molar-refractivity contribution is 7.12. The smallest absolute Gasteiger partial charge is 0.349 e. The van der Waals surface area contributed by atoms with Crippen LogP contribution in [0.15, 0.2) is 11.4 Å². The fourth-order valence-electron chi connectivity index (χ4n) is 0.955. The largest absolute Gasteiger partial charge is 0.490 e. The Morgan fingerprint density at radius 1 is 1.60 bits per heavy atom. The van der Waals surface area contributed by atoms with E-state index in [1.807, 2.05) is 0 Å². The zero-order chi connectivity index (χ0) is 11.3. The first-order valence-corrected chi connectivity index (χ1v) is 5.17. The van der Waals surface area contributed by atoms with E-state index in [1.54, 1.807) is 11.4 Å². The maximum Gasteiger partial charge on any atom is 0.349 e. The van der Waals surface area contributed by atoms with Crippen molar-refractivity contribution in [1.82, 2.24) is 5.32 Å². The maximum absolute atomic E-state index is 10.7. The van der Waals surface area contributed by atoms with E-state index in [4.69, 9.17) is 9.84 Å². The van der Waals surface area contributed by atoms with Crippen molar-refractivity contribution in [3.63, 3.8) is 0 Å². The van der Waals surface area contributed by atoms with Crippen molar-refractivity contribution in [1.29, 1.82) is 0 Å². The molecule has 0 radical (unpaired) electrons. The number of carboxylic acid groups (broad SMARTS) is 1. The second-order valence-corrected chi connectivity index (χ2v) is 3.67. The van der Waals surface area contributed by atoms with Crippen molar-refractivity contribution in [2.45, 2.75) is 6.92 Å². The van der Waals surface area contributed by atoms with Crippen LogP contribution in [0.25, 0.3) is 0 Å². The van der Waals surface area contributed by atoms with Gasteiger partial charge in [-0.25, -0.2) is 4.79 Å². The summed E-state index contributed by atoms with van der Waals surface area (Å²) in [7, 11) is 0. The summed E-state index contributed by atoms with van der Waals surface area (Å²) in [5, 5.41) is 13.0. The minimum atomic E-state index is -1.00. The average molecular weight is 229 g/mol. The van der Waals surface area contributed by atoms with Gasteiger partial charge in [0, 0.05) is 6.92 Å². The maximum atomic E-state index is 10.7. The molecule has 0 saturated carbocycles. The van der Waals surface area contributed by atoms with Gasteiger partial charge in [-0.2, -0.15) is 0 Å². The number of ether oxygens (including phenoxy) is 1. The first-order chi connectivity index (χ1) is 7.11. The van der Waals surface area contributed by atoms with Gasteiger partial charge in [-0.15, -0.1) is 11.3 Å². The van der Waals surface area contributed by atoms with Gasteiger partial charge in [0.25, 0.3) is 0 Å². The lowest BCUT2D eigenvalue weighted by Gasteiger charge is -2.05. The first kappa shape index (κ1) is 11.5. The van der Waals surface area contributed by atoms with Gasteiger partial charge in [0.05, 0.1) is 6.54 Å². The lowest BCUT2D eigenvalue weighted by atomic mass is 10.4. The summed E-state index contributed by atoms with van der Waals surface area (Å²) < 4.78 is 5.20. The summed E-state index contributed by atoms with van der Waals surface area (Å²) in [4.78, 5) is 21.4. The lowest BCUT2D eigenvalue weighted by molar-refractivity contribution is -0.119. The standard InChI is InChI=1S/C9H11NO4S/c1-6(11)10-3-4-14-7-2-5-15-8(7)9(12)13/h2,5H,3-4H2,1H3,(H,10,11)(H,12,13). The second kappa shape index (κ2) is 5.35. The molecule has 1 heterocycles. The predicted octanol–water partition coefficient (Wildman–Crippen LogP) is 0.961. The van der Waals surface area contributed by atoms with Crippen molar-refractivity contribution in [3.8, 4) is 5.75 Å². The molecule has 1 rings (SSSR count). The fourth-order valence-corrected chi connectivity index (χ4v) is 1.63. The number of nitrogens with one attached hydrogen (secondary N) is 1. The minimum Gasteiger partial charge on any atom is -0.490 e. The first-order valence-electron chi connectivity index (χ1n) is 4.29. The predicted molar refractivity (Wildman–Crippen MR) is 55.5 cm³/mol. The van der Waals surface area contributed by atoms with Crippen LogP contribution in [-0.4, -0.2) is 30.1 Å². The SMILES string of the molecule is CC(=O)NCCOc1ccsc1C(=O)O. The van der Waals surface area contributed by atoms with Gasteiger partial charge >= 0.3 is 5.97 Å². The number of carbonyl (C=O) groups is 2. The van der Waals surface area contributed by atoms with E-state index in [0.717, 1.165) is 11.3 Å². The summed E-state index contributed by atoms with van der Waals surface area (Å²) >= 11 is 1.11. The molecule has 0 aliphatic rings. The van der Waals surface area contributed by atoms with Crippen molar-refractivity contribution in [3.05, 3.63) is 16.3 Å². The third-order valence-electron chi connectivity index (χ3n) is 1.56. The van der Waals surface area contributed by atoms with Crippen LogP contribution in [0.2, 0.25) is 0 Å². The lowest BCUT2D eigenvalue weighted by Crippen LogP contribution is -2.25. The van der Waals surface area contributed by atoms with Crippen molar-refractivity contribution < 1.29 is 19.4 Å². The minimum absolute atomic E-state index is 0.137. The van der Waals surface area contributed by atoms with Gasteiger partial charge in [0.2, 0.25) is 5.91 Å². The Labute approximate surface area is 90.7 Å². The Morgan fingerprint density at radius 3 is 2.93 bits per heavy atom. The summed E-state index contributed by atoms with van der Waals surface area (Å²) in [6.45, 7) is 2.04. The molecular formula is C9H11NO4S. The molecule has 0 atom stereocenters. The highest BCUT2D eigenvalue weighted by atomic mass is 32.1. The van der Waals surface area contributed by atoms with E-state index in [1.165, 1.54) is 6.92 Å². The van der Waals surface area contributed by atoms with Crippen LogP contribution in [0.3, 0.4) is 0 Å². The monoisotopic (exact) mass is 229 g/mol. The van der Waals surface area contributed by atoms with Crippen LogP contribution >= 0.6 is 11.3 Å². The molecule has 0 aliphatic heterocycles. The van der Waals surface area contributed by atoms with Crippen molar-refractivity contribution in [2.75, 3.05) is 13.2 Å². The molecule has 1 amide bonds. The van der Waals surface area contributed by atoms with Crippen molar-refractivity contribution in [2.24, 2.45) is 0 Å². The van der Waals surface area contributed by atoms with E-state index in [2.05, 4.69) is 5.32 Å². The van der Waals surface area contributed by atoms with E-state index in [9.17, 15) is 9.59 Å². The molecule has 0 spiro atoms. The molecule has 0 aliphatic carbocycles. The highest BCUT2D eigenvalue weighted by Gasteiger charge is 2.12. The van der Waals surface area contributed by atoms with Gasteiger partial charge in [-0.05, 0) is 11.4 Å². The Bertz CT molecular complexity index is 361. The zero-order valence-electron chi connectivity index (χ0n) is 8.15.